The quantitative estimate of drug-likeness (QED) is 0.615. The molecule has 2 atom stereocenters. The number of hydrogen-bond donors (Lipinski definition) is 1. The third kappa shape index (κ3) is 4.78. The van der Waals surface area contributed by atoms with E-state index >= 15 is 0 Å². The summed E-state index contributed by atoms with van der Waals surface area (Å²) in [5.74, 6) is -0.213. The molecule has 1 aromatic carbocycles. The van der Waals surface area contributed by atoms with E-state index in [4.69, 9.17) is 4.74 Å². The number of nitriles is 1. The van der Waals surface area contributed by atoms with Crippen molar-refractivity contribution in [3.8, 4) is 6.07 Å². The molecule has 1 aliphatic rings. The third-order valence-corrected chi connectivity index (χ3v) is 4.21. The highest BCUT2D eigenvalue weighted by molar-refractivity contribution is 5.76. The molecule has 0 aromatic heterocycles. The van der Waals surface area contributed by atoms with E-state index in [1.807, 2.05) is 32.0 Å². The largest absolute Gasteiger partial charge is 0.465 e. The molecule has 1 saturated heterocycles. The van der Waals surface area contributed by atoms with Gasteiger partial charge in [-0.1, -0.05) is 30.3 Å². The molecule has 124 valence electrons. The number of rotatable bonds is 7. The number of esters is 1. The van der Waals surface area contributed by atoms with Crippen LogP contribution in [0.15, 0.2) is 30.3 Å². The second-order valence-electron chi connectivity index (χ2n) is 6.28. The molecule has 5 nitrogen and oxygen atoms in total. The summed E-state index contributed by atoms with van der Waals surface area (Å²) in [7, 11) is 0. The number of likely N-dealkylation sites (tertiary alicyclic amines) is 1. The molecule has 0 unspecified atom stereocenters. The lowest BCUT2D eigenvalue weighted by molar-refractivity contribution is -0.148. The lowest BCUT2D eigenvalue weighted by Crippen LogP contribution is -2.41. The molecular formula is C18H25N3O2. The monoisotopic (exact) mass is 315 g/mol. The van der Waals surface area contributed by atoms with Crippen molar-refractivity contribution in [3.63, 3.8) is 0 Å². The van der Waals surface area contributed by atoms with Crippen LogP contribution in [0.4, 0.5) is 0 Å². The van der Waals surface area contributed by atoms with Crippen LogP contribution in [0.5, 0.6) is 0 Å². The predicted octanol–water partition coefficient (Wildman–Crippen LogP) is 1.94. The first kappa shape index (κ1) is 17.5. The molecule has 0 amide bonds. The van der Waals surface area contributed by atoms with Crippen molar-refractivity contribution in [2.45, 2.75) is 32.9 Å². The van der Waals surface area contributed by atoms with Gasteiger partial charge in [0.2, 0.25) is 0 Å². The first-order chi connectivity index (χ1) is 11.1. The molecule has 1 N–H and O–H groups in total. The van der Waals surface area contributed by atoms with Gasteiger partial charge in [-0.15, -0.1) is 0 Å². The van der Waals surface area contributed by atoms with Crippen molar-refractivity contribution >= 4 is 5.97 Å². The van der Waals surface area contributed by atoms with Crippen molar-refractivity contribution in [3.05, 3.63) is 35.9 Å². The van der Waals surface area contributed by atoms with Crippen molar-refractivity contribution < 1.29 is 9.53 Å². The van der Waals surface area contributed by atoms with Crippen LogP contribution < -0.4 is 5.32 Å². The normalized spacial score (nSPS) is 24.3. The minimum Gasteiger partial charge on any atom is -0.465 e. The van der Waals surface area contributed by atoms with Crippen LogP contribution in [0.3, 0.4) is 0 Å². The number of carbonyl (C=O) groups excluding carboxylic acids is 1. The van der Waals surface area contributed by atoms with E-state index in [2.05, 4.69) is 28.4 Å². The van der Waals surface area contributed by atoms with Crippen molar-refractivity contribution in [1.82, 2.24) is 10.2 Å². The molecule has 1 heterocycles. The maximum atomic E-state index is 12.1. The molecule has 0 radical (unpaired) electrons. The second kappa shape index (κ2) is 8.09. The van der Waals surface area contributed by atoms with Gasteiger partial charge in [-0.25, -0.2) is 0 Å². The van der Waals surface area contributed by atoms with Gasteiger partial charge in [-0.05, 0) is 25.8 Å². The van der Waals surface area contributed by atoms with Gasteiger partial charge in [-0.2, -0.15) is 5.26 Å². The summed E-state index contributed by atoms with van der Waals surface area (Å²) >= 11 is 0. The van der Waals surface area contributed by atoms with Crippen LogP contribution in [-0.4, -0.2) is 43.2 Å². The average Bonchev–Trinajstić information content (AvgIpc) is 2.91. The van der Waals surface area contributed by atoms with Crippen LogP contribution in [-0.2, 0) is 16.1 Å². The number of nitrogens with one attached hydrogen (secondary N) is 1. The lowest BCUT2D eigenvalue weighted by atomic mass is 9.90. The van der Waals surface area contributed by atoms with Gasteiger partial charge < -0.3 is 10.1 Å². The number of nitrogens with zero attached hydrogens (tertiary/aromatic N) is 2. The molecule has 0 aliphatic carbocycles. The van der Waals surface area contributed by atoms with E-state index in [-0.39, 0.29) is 12.0 Å². The van der Waals surface area contributed by atoms with Gasteiger partial charge in [0.1, 0.15) is 6.04 Å². The highest BCUT2D eigenvalue weighted by Gasteiger charge is 2.44. The Morgan fingerprint density at radius 3 is 2.87 bits per heavy atom. The molecule has 1 aliphatic heterocycles. The molecule has 23 heavy (non-hydrogen) atoms. The topological polar surface area (TPSA) is 65.4 Å². The summed E-state index contributed by atoms with van der Waals surface area (Å²) < 4.78 is 5.16. The molecule has 1 aromatic rings. The SMILES string of the molecule is CCOC(=O)[C@@H]1C[C@@](C)(C#N)CN1CCNCc1ccccc1. The van der Waals surface area contributed by atoms with E-state index in [0.717, 1.165) is 19.6 Å². The van der Waals surface area contributed by atoms with Gasteiger partial charge in [-0.3, -0.25) is 9.69 Å². The molecule has 5 heteroatoms. The first-order valence-corrected chi connectivity index (χ1v) is 8.14. The zero-order chi connectivity index (χ0) is 16.7. The fourth-order valence-electron chi connectivity index (χ4n) is 3.02. The standard InChI is InChI=1S/C18H25N3O2/c1-3-23-17(22)16-11-18(2,13-19)14-21(16)10-9-20-12-15-7-5-4-6-8-15/h4-8,16,20H,3,9-12,14H2,1-2H3/t16-,18-/m0/s1. The van der Waals surface area contributed by atoms with Gasteiger partial charge >= 0.3 is 5.97 Å². The summed E-state index contributed by atoms with van der Waals surface area (Å²) in [5, 5.41) is 12.7. The van der Waals surface area contributed by atoms with Crippen molar-refractivity contribution in [2.75, 3.05) is 26.2 Å². The number of carbonyl (C=O) groups is 1. The zero-order valence-corrected chi connectivity index (χ0v) is 13.9. The number of hydrogen-bond acceptors (Lipinski definition) is 5. The summed E-state index contributed by atoms with van der Waals surface area (Å²) in [6, 6.07) is 12.2. The maximum absolute atomic E-state index is 12.1. The van der Waals surface area contributed by atoms with Crippen LogP contribution in [0.25, 0.3) is 0 Å². The summed E-state index contributed by atoms with van der Waals surface area (Å²) in [6.45, 7) is 7.01. The van der Waals surface area contributed by atoms with E-state index < -0.39 is 5.41 Å². The molecule has 0 bridgehead atoms. The summed E-state index contributed by atoms with van der Waals surface area (Å²) in [5.41, 5.74) is 0.759. The zero-order valence-electron chi connectivity index (χ0n) is 13.9. The fraction of sp³-hybridized carbons (Fsp3) is 0.556. The minimum absolute atomic E-state index is 0.213. The van der Waals surface area contributed by atoms with Gasteiger partial charge in [0.05, 0.1) is 18.1 Å². The molecule has 0 spiro atoms. The fourth-order valence-corrected chi connectivity index (χ4v) is 3.02. The Kier molecular flexibility index (Phi) is 6.14. The highest BCUT2D eigenvalue weighted by Crippen LogP contribution is 2.34. The summed E-state index contributed by atoms with van der Waals surface area (Å²) in [4.78, 5) is 14.2. The Labute approximate surface area is 138 Å². The van der Waals surface area contributed by atoms with E-state index in [9.17, 15) is 10.1 Å². The number of benzene rings is 1. The highest BCUT2D eigenvalue weighted by atomic mass is 16.5. The average molecular weight is 315 g/mol. The van der Waals surface area contributed by atoms with E-state index in [1.165, 1.54) is 5.56 Å². The van der Waals surface area contributed by atoms with Crippen LogP contribution in [0, 0.1) is 16.7 Å². The molecule has 1 fully saturated rings. The predicted molar refractivity (Wildman–Crippen MR) is 88.5 cm³/mol. The Morgan fingerprint density at radius 2 is 2.22 bits per heavy atom. The van der Waals surface area contributed by atoms with E-state index in [0.29, 0.717) is 19.6 Å². The minimum atomic E-state index is -0.475. The Balaban J connectivity index is 1.86. The lowest BCUT2D eigenvalue weighted by Gasteiger charge is -2.22. The maximum Gasteiger partial charge on any atom is 0.323 e. The third-order valence-electron chi connectivity index (χ3n) is 4.21. The van der Waals surface area contributed by atoms with E-state index in [1.54, 1.807) is 0 Å². The van der Waals surface area contributed by atoms with Gasteiger partial charge in [0.15, 0.2) is 0 Å². The Bertz CT molecular complexity index is 555. The van der Waals surface area contributed by atoms with Crippen LogP contribution >= 0.6 is 0 Å². The smallest absolute Gasteiger partial charge is 0.323 e. The second-order valence-corrected chi connectivity index (χ2v) is 6.28. The van der Waals surface area contributed by atoms with Gasteiger partial charge in [0.25, 0.3) is 0 Å². The molecule has 2 rings (SSSR count). The van der Waals surface area contributed by atoms with Crippen molar-refractivity contribution in [1.29, 1.82) is 5.26 Å². The molecular weight excluding hydrogens is 290 g/mol. The number of ether oxygens (including phenoxy) is 1. The molecule has 0 saturated carbocycles. The Hall–Kier alpha value is -1.90. The Morgan fingerprint density at radius 1 is 1.48 bits per heavy atom. The summed E-state index contributed by atoms with van der Waals surface area (Å²) in [6.07, 6.45) is 0.543. The van der Waals surface area contributed by atoms with Crippen molar-refractivity contribution in [2.24, 2.45) is 5.41 Å². The van der Waals surface area contributed by atoms with Crippen LogP contribution in [0.1, 0.15) is 25.8 Å². The van der Waals surface area contributed by atoms with Gasteiger partial charge in [0, 0.05) is 26.2 Å². The van der Waals surface area contributed by atoms with Crippen LogP contribution in [0.2, 0.25) is 0 Å². The first-order valence-electron chi connectivity index (χ1n) is 8.14.